The normalized spacial score (nSPS) is 10.8. The Kier molecular flexibility index (Phi) is 6.93. The number of benzene rings is 2. The predicted octanol–water partition coefficient (Wildman–Crippen LogP) is 4.94. The van der Waals surface area contributed by atoms with Crippen LogP contribution in [-0.4, -0.2) is 23.7 Å². The Morgan fingerprint density at radius 3 is 2.53 bits per heavy atom. The van der Waals surface area contributed by atoms with Crippen LogP contribution >= 0.6 is 11.6 Å². The lowest BCUT2D eigenvalue weighted by atomic mass is 10.2. The monoisotopic (exact) mass is 483 g/mol. The van der Waals surface area contributed by atoms with Crippen LogP contribution in [0.15, 0.2) is 68.5 Å². The van der Waals surface area contributed by atoms with Gasteiger partial charge in [0.25, 0.3) is 0 Å². The molecule has 4 aromatic rings. The van der Waals surface area contributed by atoms with Crippen LogP contribution in [0.5, 0.6) is 17.2 Å². The minimum atomic E-state index is -0.500. The second-order valence-electron chi connectivity index (χ2n) is 7.02. The maximum absolute atomic E-state index is 12.8. The highest BCUT2D eigenvalue weighted by atomic mass is 35.5. The molecule has 174 valence electrons. The van der Waals surface area contributed by atoms with Crippen LogP contribution < -0.4 is 14.9 Å². The van der Waals surface area contributed by atoms with Crippen LogP contribution in [0.3, 0.4) is 0 Å². The lowest BCUT2D eigenvalue weighted by Gasteiger charge is -2.08. The van der Waals surface area contributed by atoms with Gasteiger partial charge in [-0.2, -0.15) is 0 Å². The van der Waals surface area contributed by atoms with Gasteiger partial charge in [-0.05, 0) is 43.3 Å². The minimum absolute atomic E-state index is 0.0353. The van der Waals surface area contributed by atoms with Gasteiger partial charge in [-0.15, -0.1) is 0 Å². The van der Waals surface area contributed by atoms with Gasteiger partial charge in [0, 0.05) is 18.6 Å². The molecule has 2 heterocycles. The second kappa shape index (κ2) is 10.2. The number of nitrogens with zero attached hydrogens (tertiary/aromatic N) is 1. The Bertz CT molecular complexity index is 1390. The van der Waals surface area contributed by atoms with Crippen molar-refractivity contribution < 1.29 is 32.7 Å². The fourth-order valence-electron chi connectivity index (χ4n) is 3.04. The maximum atomic E-state index is 12.8. The summed E-state index contributed by atoms with van der Waals surface area (Å²) in [6, 6.07) is 12.1. The van der Waals surface area contributed by atoms with Crippen molar-refractivity contribution in [2.45, 2.75) is 19.8 Å². The lowest BCUT2D eigenvalue weighted by molar-refractivity contribution is -0.134. The van der Waals surface area contributed by atoms with Gasteiger partial charge in [0.05, 0.1) is 24.0 Å². The number of fused-ring (bicyclic) bond motifs is 1. The minimum Gasteiger partial charge on any atom is -0.462 e. The third kappa shape index (κ3) is 5.44. The SMILES string of the molecule is CCOC(=O)c1ccc(Oc2coc3cc(OC(=O)CCc4cc(Cl)no4)ccc3c2=O)cc1. The highest BCUT2D eigenvalue weighted by Gasteiger charge is 2.14. The van der Waals surface area contributed by atoms with E-state index in [0.29, 0.717) is 17.1 Å². The molecule has 0 aliphatic rings. The molecule has 0 atom stereocenters. The second-order valence-corrected chi connectivity index (χ2v) is 7.41. The predicted molar refractivity (Wildman–Crippen MR) is 120 cm³/mol. The molecule has 4 rings (SSSR count). The van der Waals surface area contributed by atoms with E-state index in [2.05, 4.69) is 5.16 Å². The molecule has 0 unspecified atom stereocenters. The number of esters is 2. The van der Waals surface area contributed by atoms with Gasteiger partial charge >= 0.3 is 11.9 Å². The highest BCUT2D eigenvalue weighted by Crippen LogP contribution is 2.25. The number of aryl methyl sites for hydroxylation is 1. The maximum Gasteiger partial charge on any atom is 0.338 e. The van der Waals surface area contributed by atoms with Gasteiger partial charge in [0.15, 0.2) is 5.15 Å². The van der Waals surface area contributed by atoms with E-state index < -0.39 is 17.4 Å². The summed E-state index contributed by atoms with van der Waals surface area (Å²) in [6.45, 7) is 1.99. The zero-order valence-electron chi connectivity index (χ0n) is 17.9. The average molecular weight is 484 g/mol. The zero-order chi connectivity index (χ0) is 24.1. The molecular formula is C24H18ClNO8. The van der Waals surface area contributed by atoms with Gasteiger partial charge in [0.1, 0.15) is 29.1 Å². The van der Waals surface area contributed by atoms with Crippen LogP contribution in [-0.2, 0) is 16.0 Å². The van der Waals surface area contributed by atoms with E-state index in [1.54, 1.807) is 19.1 Å². The highest BCUT2D eigenvalue weighted by molar-refractivity contribution is 6.29. The topological polar surface area (TPSA) is 118 Å². The first kappa shape index (κ1) is 23.1. The Labute approximate surface area is 197 Å². The number of rotatable bonds is 8. The molecule has 0 aliphatic carbocycles. The van der Waals surface area contributed by atoms with Gasteiger partial charge in [-0.3, -0.25) is 9.59 Å². The first-order chi connectivity index (χ1) is 16.4. The van der Waals surface area contributed by atoms with E-state index in [1.165, 1.54) is 42.7 Å². The van der Waals surface area contributed by atoms with Gasteiger partial charge < -0.3 is 23.2 Å². The molecule has 0 bridgehead atoms. The molecule has 0 saturated heterocycles. The van der Waals surface area contributed by atoms with Crippen LogP contribution in [0.1, 0.15) is 29.5 Å². The molecule has 0 saturated carbocycles. The fourth-order valence-corrected chi connectivity index (χ4v) is 3.19. The molecule has 0 fully saturated rings. The summed E-state index contributed by atoms with van der Waals surface area (Å²) in [5, 5.41) is 4.00. The standard InChI is InChI=1S/C24H18ClNO8/c1-2-30-24(29)14-3-5-15(6-4-14)32-20-13-31-19-11-16(7-9-18(19)23(20)28)33-22(27)10-8-17-12-21(25)26-34-17/h3-7,9,11-13H,2,8,10H2,1H3. The van der Waals surface area contributed by atoms with Gasteiger partial charge in [0.2, 0.25) is 11.2 Å². The first-order valence-electron chi connectivity index (χ1n) is 10.3. The van der Waals surface area contributed by atoms with Crippen LogP contribution in [0.4, 0.5) is 0 Å². The Morgan fingerprint density at radius 2 is 1.82 bits per heavy atom. The van der Waals surface area contributed by atoms with Crippen molar-refractivity contribution in [1.82, 2.24) is 5.16 Å². The Balaban J connectivity index is 1.43. The summed E-state index contributed by atoms with van der Waals surface area (Å²) >= 11 is 5.68. The third-order valence-corrected chi connectivity index (χ3v) is 4.82. The van der Waals surface area contributed by atoms with Crippen LogP contribution in [0.25, 0.3) is 11.0 Å². The molecule has 2 aromatic carbocycles. The smallest absolute Gasteiger partial charge is 0.338 e. The van der Waals surface area contributed by atoms with Crippen molar-refractivity contribution in [3.63, 3.8) is 0 Å². The Hall–Kier alpha value is -4.11. The van der Waals surface area contributed by atoms with Crippen molar-refractivity contribution in [3.05, 3.63) is 81.5 Å². The summed E-state index contributed by atoms with van der Waals surface area (Å²) in [7, 11) is 0. The Morgan fingerprint density at radius 1 is 1.06 bits per heavy atom. The zero-order valence-corrected chi connectivity index (χ0v) is 18.7. The summed E-state index contributed by atoms with van der Waals surface area (Å²) in [5.41, 5.74) is 0.185. The molecule has 2 aromatic heterocycles. The molecule has 34 heavy (non-hydrogen) atoms. The number of aromatic nitrogens is 1. The summed E-state index contributed by atoms with van der Waals surface area (Å²) in [5.74, 6) is 0.0534. The quantitative estimate of drug-likeness (QED) is 0.253. The summed E-state index contributed by atoms with van der Waals surface area (Å²) in [4.78, 5) is 36.6. The van der Waals surface area contributed by atoms with E-state index in [0.717, 1.165) is 0 Å². The van der Waals surface area contributed by atoms with Crippen molar-refractivity contribution in [3.8, 4) is 17.2 Å². The molecule has 10 heteroatoms. The van der Waals surface area contributed by atoms with Crippen LogP contribution in [0, 0.1) is 0 Å². The van der Waals surface area contributed by atoms with Crippen molar-refractivity contribution in [1.29, 1.82) is 0 Å². The number of hydrogen-bond acceptors (Lipinski definition) is 9. The average Bonchev–Trinajstić information content (AvgIpc) is 3.25. The summed E-state index contributed by atoms with van der Waals surface area (Å²) in [6.07, 6.45) is 1.50. The molecule has 9 nitrogen and oxygen atoms in total. The van der Waals surface area contributed by atoms with E-state index >= 15 is 0 Å². The number of hydrogen-bond donors (Lipinski definition) is 0. The van der Waals surface area contributed by atoms with Crippen molar-refractivity contribution in [2.75, 3.05) is 6.61 Å². The third-order valence-electron chi connectivity index (χ3n) is 4.65. The molecule has 0 N–H and O–H groups in total. The van der Waals surface area contributed by atoms with Gasteiger partial charge in [-0.1, -0.05) is 16.8 Å². The van der Waals surface area contributed by atoms with E-state index in [9.17, 15) is 14.4 Å². The van der Waals surface area contributed by atoms with Crippen LogP contribution in [0.2, 0.25) is 5.15 Å². The molecule has 0 radical (unpaired) electrons. The number of carbonyl (C=O) groups is 2. The fraction of sp³-hybridized carbons (Fsp3) is 0.167. The summed E-state index contributed by atoms with van der Waals surface area (Å²) < 4.78 is 26.3. The van der Waals surface area contributed by atoms with E-state index in [4.69, 9.17) is 34.8 Å². The molecule has 0 amide bonds. The van der Waals surface area contributed by atoms with Crippen molar-refractivity contribution >= 4 is 34.5 Å². The number of halogens is 1. The molecular weight excluding hydrogens is 466 g/mol. The largest absolute Gasteiger partial charge is 0.462 e. The molecule has 0 spiro atoms. The van der Waals surface area contributed by atoms with E-state index in [1.807, 2.05) is 0 Å². The van der Waals surface area contributed by atoms with Gasteiger partial charge in [-0.25, -0.2) is 4.79 Å². The van der Waals surface area contributed by atoms with E-state index in [-0.39, 0.29) is 47.1 Å². The first-order valence-corrected chi connectivity index (χ1v) is 10.6. The lowest BCUT2D eigenvalue weighted by Crippen LogP contribution is -2.09. The number of ether oxygens (including phenoxy) is 3. The van der Waals surface area contributed by atoms with Crippen molar-refractivity contribution in [2.24, 2.45) is 0 Å². The number of carbonyl (C=O) groups excluding carboxylic acids is 2. The molecule has 0 aliphatic heterocycles.